The van der Waals surface area contributed by atoms with Crippen LogP contribution in [0.25, 0.3) is 21.9 Å². The predicted molar refractivity (Wildman–Crippen MR) is 117 cm³/mol. The fourth-order valence-corrected chi connectivity index (χ4v) is 4.82. The second kappa shape index (κ2) is 8.10. The molecule has 0 spiro atoms. The van der Waals surface area contributed by atoms with E-state index >= 15 is 0 Å². The number of aromatic nitrogens is 3. The maximum atomic E-state index is 12.6. The second-order valence-corrected chi connectivity index (χ2v) is 8.36. The zero-order chi connectivity index (χ0) is 20.5. The number of hydrogen-bond donors (Lipinski definition) is 2. The van der Waals surface area contributed by atoms with Crippen LogP contribution in [0, 0.1) is 5.92 Å². The number of nitrogens with one attached hydrogen (secondary N) is 2. The zero-order valence-corrected chi connectivity index (χ0v) is 17.3. The molecule has 3 aromatic rings. The Morgan fingerprint density at radius 3 is 2.93 bits per heavy atom. The first-order valence-electron chi connectivity index (χ1n) is 10.7. The average Bonchev–Trinajstić information content (AvgIpc) is 3.44. The summed E-state index contributed by atoms with van der Waals surface area (Å²) in [6.07, 6.45) is 8.54. The van der Waals surface area contributed by atoms with Gasteiger partial charge >= 0.3 is 6.03 Å². The number of fused-ring (bicyclic) bond motifs is 3. The maximum Gasteiger partial charge on any atom is 0.317 e. The SMILES string of the molecule is COCC1CCN(C(=O)NC2CCN(c3cc[nH]c4cnc5nccc5c34)CC2)C1. The van der Waals surface area contributed by atoms with Gasteiger partial charge in [0.2, 0.25) is 0 Å². The minimum atomic E-state index is 0.0717. The first-order chi connectivity index (χ1) is 14.7. The van der Waals surface area contributed by atoms with Crippen molar-refractivity contribution in [3.05, 3.63) is 30.7 Å². The molecule has 158 valence electrons. The summed E-state index contributed by atoms with van der Waals surface area (Å²) in [4.78, 5) is 29.1. The molecule has 2 aliphatic rings. The summed E-state index contributed by atoms with van der Waals surface area (Å²) in [5.74, 6) is 0.461. The summed E-state index contributed by atoms with van der Waals surface area (Å²) >= 11 is 0. The molecule has 0 saturated carbocycles. The van der Waals surface area contributed by atoms with Crippen LogP contribution >= 0.6 is 0 Å². The Labute approximate surface area is 175 Å². The number of carbonyl (C=O) groups excluding carboxylic acids is 1. The van der Waals surface area contributed by atoms with Gasteiger partial charge in [-0.05, 0) is 31.4 Å². The topological polar surface area (TPSA) is 86.4 Å². The molecule has 0 radical (unpaired) electrons. The van der Waals surface area contributed by atoms with Gasteiger partial charge in [0.25, 0.3) is 0 Å². The number of rotatable bonds is 4. The third-order valence-corrected chi connectivity index (χ3v) is 6.41. The Morgan fingerprint density at radius 2 is 2.10 bits per heavy atom. The molecule has 2 aliphatic heterocycles. The summed E-state index contributed by atoms with van der Waals surface area (Å²) in [5.41, 5.74) is 3.00. The van der Waals surface area contributed by atoms with Crippen molar-refractivity contribution >= 4 is 33.7 Å². The van der Waals surface area contributed by atoms with Gasteiger partial charge < -0.3 is 24.8 Å². The number of hydrogen-bond acceptors (Lipinski definition) is 5. The minimum absolute atomic E-state index is 0.0717. The normalized spacial score (nSPS) is 20.4. The number of aromatic amines is 1. The van der Waals surface area contributed by atoms with E-state index in [2.05, 4.69) is 31.2 Å². The van der Waals surface area contributed by atoms with Crippen molar-refractivity contribution in [1.82, 2.24) is 25.2 Å². The molecule has 1 atom stereocenters. The van der Waals surface area contributed by atoms with E-state index in [1.807, 2.05) is 29.6 Å². The molecular formula is C22H28N6O2. The standard InChI is InChI=1S/C22H28N6O2/c1-30-14-15-4-9-28(13-15)22(29)26-16-5-10-27(11-6-16)19-3-8-23-18-12-25-21-17(20(18)19)2-7-24-21/h2-3,7-8,12,15-16,23H,4-6,9-11,13-14H2,1H3,(H,26,29). The number of urea groups is 1. The van der Waals surface area contributed by atoms with Gasteiger partial charge in [0.1, 0.15) is 0 Å². The highest BCUT2D eigenvalue weighted by Gasteiger charge is 2.29. The van der Waals surface area contributed by atoms with E-state index < -0.39 is 0 Å². The Hall–Kier alpha value is -2.87. The number of methoxy groups -OCH3 is 1. The number of anilines is 1. The van der Waals surface area contributed by atoms with Crippen LogP contribution in [0.15, 0.2) is 30.7 Å². The van der Waals surface area contributed by atoms with Crippen LogP contribution in [-0.2, 0) is 4.74 Å². The first kappa shape index (κ1) is 19.1. The van der Waals surface area contributed by atoms with Gasteiger partial charge in [-0.3, -0.25) is 0 Å². The van der Waals surface area contributed by atoms with Crippen LogP contribution in [-0.4, -0.2) is 71.8 Å². The minimum Gasteiger partial charge on any atom is -0.384 e. The van der Waals surface area contributed by atoms with Crippen molar-refractivity contribution in [2.24, 2.45) is 5.92 Å². The molecule has 1 unspecified atom stereocenters. The number of H-pyrrole nitrogens is 1. The van der Waals surface area contributed by atoms with Gasteiger partial charge in [0, 0.05) is 74.1 Å². The number of pyridine rings is 2. The zero-order valence-electron chi connectivity index (χ0n) is 17.3. The van der Waals surface area contributed by atoms with Crippen LogP contribution in [0.1, 0.15) is 19.3 Å². The molecule has 5 rings (SSSR count). The molecule has 0 bridgehead atoms. The number of nitrogens with zero attached hydrogens (tertiary/aromatic N) is 4. The highest BCUT2D eigenvalue weighted by Crippen LogP contribution is 2.32. The molecule has 0 aliphatic carbocycles. The molecule has 5 heterocycles. The third-order valence-electron chi connectivity index (χ3n) is 6.41. The summed E-state index contributed by atoms with van der Waals surface area (Å²) in [6, 6.07) is 4.46. The van der Waals surface area contributed by atoms with E-state index in [4.69, 9.17) is 4.74 Å². The lowest BCUT2D eigenvalue weighted by atomic mass is 10.0. The molecule has 2 amide bonds. The van der Waals surface area contributed by atoms with Crippen molar-refractivity contribution in [3.8, 4) is 0 Å². The van der Waals surface area contributed by atoms with E-state index in [9.17, 15) is 4.79 Å². The van der Waals surface area contributed by atoms with Crippen LogP contribution in [0.2, 0.25) is 0 Å². The molecule has 2 saturated heterocycles. The number of amides is 2. The number of carbonyl (C=O) groups is 1. The van der Waals surface area contributed by atoms with E-state index in [0.717, 1.165) is 68.6 Å². The number of ether oxygens (including phenoxy) is 1. The molecule has 30 heavy (non-hydrogen) atoms. The fraction of sp³-hybridized carbons (Fsp3) is 0.500. The van der Waals surface area contributed by atoms with Crippen LogP contribution in [0.5, 0.6) is 0 Å². The van der Waals surface area contributed by atoms with Gasteiger partial charge in [-0.1, -0.05) is 0 Å². The first-order valence-corrected chi connectivity index (χ1v) is 10.7. The molecule has 2 N–H and O–H groups in total. The Bertz CT molecular complexity index is 1040. The smallest absolute Gasteiger partial charge is 0.317 e. The fourth-order valence-electron chi connectivity index (χ4n) is 4.82. The van der Waals surface area contributed by atoms with Gasteiger partial charge in [-0.2, -0.15) is 0 Å². The quantitative estimate of drug-likeness (QED) is 0.693. The van der Waals surface area contributed by atoms with Gasteiger partial charge in [-0.25, -0.2) is 14.8 Å². The highest BCUT2D eigenvalue weighted by molar-refractivity contribution is 6.09. The van der Waals surface area contributed by atoms with E-state index in [1.54, 1.807) is 7.11 Å². The van der Waals surface area contributed by atoms with Crippen LogP contribution in [0.3, 0.4) is 0 Å². The van der Waals surface area contributed by atoms with Crippen molar-refractivity contribution in [1.29, 1.82) is 0 Å². The van der Waals surface area contributed by atoms with E-state index in [-0.39, 0.29) is 12.1 Å². The van der Waals surface area contributed by atoms with Crippen LogP contribution < -0.4 is 10.2 Å². The maximum absolute atomic E-state index is 12.6. The Morgan fingerprint density at radius 1 is 1.23 bits per heavy atom. The lowest BCUT2D eigenvalue weighted by Gasteiger charge is -2.35. The van der Waals surface area contributed by atoms with E-state index in [0.29, 0.717) is 5.92 Å². The Balaban J connectivity index is 1.25. The van der Waals surface area contributed by atoms with Gasteiger partial charge in [0.05, 0.1) is 18.3 Å². The monoisotopic (exact) mass is 408 g/mol. The molecule has 2 fully saturated rings. The average molecular weight is 409 g/mol. The predicted octanol–water partition coefficient (Wildman–Crippen LogP) is 2.76. The van der Waals surface area contributed by atoms with Crippen molar-refractivity contribution in [3.63, 3.8) is 0 Å². The lowest BCUT2D eigenvalue weighted by molar-refractivity contribution is 0.153. The summed E-state index contributed by atoms with van der Waals surface area (Å²) in [5, 5.41) is 5.50. The molecular weight excluding hydrogens is 380 g/mol. The summed E-state index contributed by atoms with van der Waals surface area (Å²) in [7, 11) is 1.72. The summed E-state index contributed by atoms with van der Waals surface area (Å²) in [6.45, 7) is 4.17. The molecule has 0 aromatic carbocycles. The Kier molecular flexibility index (Phi) is 5.16. The second-order valence-electron chi connectivity index (χ2n) is 8.36. The lowest BCUT2D eigenvalue weighted by Crippen LogP contribution is -2.49. The highest BCUT2D eigenvalue weighted by atomic mass is 16.5. The van der Waals surface area contributed by atoms with Crippen molar-refractivity contribution in [2.75, 3.05) is 44.8 Å². The largest absolute Gasteiger partial charge is 0.384 e. The van der Waals surface area contributed by atoms with Gasteiger partial charge in [-0.15, -0.1) is 0 Å². The van der Waals surface area contributed by atoms with E-state index in [1.165, 1.54) is 11.1 Å². The van der Waals surface area contributed by atoms with Gasteiger partial charge in [0.15, 0.2) is 5.65 Å². The molecule has 3 aromatic heterocycles. The number of piperidine rings is 1. The molecule has 8 heteroatoms. The number of likely N-dealkylation sites (tertiary alicyclic amines) is 1. The van der Waals surface area contributed by atoms with Crippen molar-refractivity contribution < 1.29 is 9.53 Å². The van der Waals surface area contributed by atoms with Crippen LogP contribution in [0.4, 0.5) is 10.5 Å². The van der Waals surface area contributed by atoms with Crippen molar-refractivity contribution in [2.45, 2.75) is 25.3 Å². The summed E-state index contributed by atoms with van der Waals surface area (Å²) < 4.78 is 5.24. The third kappa shape index (κ3) is 3.56. The molecule has 8 nitrogen and oxygen atoms in total.